The van der Waals surface area contributed by atoms with Crippen molar-refractivity contribution < 1.29 is 14.3 Å². The quantitative estimate of drug-likeness (QED) is 0.766. The van der Waals surface area contributed by atoms with Crippen LogP contribution < -0.4 is 0 Å². The summed E-state index contributed by atoms with van der Waals surface area (Å²) in [6, 6.07) is 0. The van der Waals surface area contributed by atoms with Crippen molar-refractivity contribution in [3.8, 4) is 0 Å². The highest BCUT2D eigenvalue weighted by molar-refractivity contribution is 5.79. The van der Waals surface area contributed by atoms with Crippen LogP contribution in [0.25, 0.3) is 0 Å². The number of amides is 2. The molecule has 2 saturated heterocycles. The van der Waals surface area contributed by atoms with Crippen molar-refractivity contribution in [1.82, 2.24) is 9.80 Å². The molecule has 20 heavy (non-hydrogen) atoms. The summed E-state index contributed by atoms with van der Waals surface area (Å²) in [5.41, 5.74) is 0. The van der Waals surface area contributed by atoms with Crippen LogP contribution in [0.15, 0.2) is 0 Å². The highest BCUT2D eigenvalue weighted by Gasteiger charge is 2.21. The number of ether oxygens (including phenoxy) is 1. The van der Waals surface area contributed by atoms with Crippen molar-refractivity contribution in [2.24, 2.45) is 0 Å². The molecule has 2 amide bonds. The molecule has 0 aromatic heterocycles. The number of likely N-dealkylation sites (tertiary alicyclic amines) is 1. The molecule has 1 atom stereocenters. The Hall–Kier alpha value is -1.10. The van der Waals surface area contributed by atoms with Crippen molar-refractivity contribution in [2.75, 3.05) is 33.3 Å². The Morgan fingerprint density at radius 3 is 2.95 bits per heavy atom. The van der Waals surface area contributed by atoms with Gasteiger partial charge in [-0.1, -0.05) is 6.42 Å². The minimum absolute atomic E-state index is 0.109. The summed E-state index contributed by atoms with van der Waals surface area (Å²) < 4.78 is 5.54. The highest BCUT2D eigenvalue weighted by atomic mass is 16.5. The third-order valence-corrected chi connectivity index (χ3v) is 4.19. The van der Waals surface area contributed by atoms with E-state index >= 15 is 0 Å². The average Bonchev–Trinajstić information content (AvgIpc) is 2.85. The number of nitrogens with zero attached hydrogens (tertiary/aromatic N) is 2. The van der Waals surface area contributed by atoms with Gasteiger partial charge >= 0.3 is 0 Å². The van der Waals surface area contributed by atoms with E-state index in [1.54, 1.807) is 4.90 Å². The normalized spacial score (nSPS) is 23.8. The SMILES string of the molecule is CN(C[C@H]1CCCO1)C(=O)CCN1CCCCCC1=O. The van der Waals surface area contributed by atoms with E-state index in [-0.39, 0.29) is 17.9 Å². The summed E-state index contributed by atoms with van der Waals surface area (Å²) in [6.07, 6.45) is 6.57. The predicted molar refractivity (Wildman–Crippen MR) is 76.3 cm³/mol. The van der Waals surface area contributed by atoms with Gasteiger partial charge in [-0.2, -0.15) is 0 Å². The van der Waals surface area contributed by atoms with Gasteiger partial charge in [0.25, 0.3) is 0 Å². The van der Waals surface area contributed by atoms with E-state index in [0.717, 1.165) is 45.3 Å². The van der Waals surface area contributed by atoms with Crippen molar-refractivity contribution in [2.45, 2.75) is 51.0 Å². The van der Waals surface area contributed by atoms with Crippen LogP contribution in [0.3, 0.4) is 0 Å². The standard InChI is InChI=1S/C15H26N2O3/c1-16(12-13-6-5-11-20-13)14(18)8-10-17-9-4-2-3-7-15(17)19/h13H,2-12H2,1H3/t13-/m1/s1. The Bertz CT molecular complexity index is 340. The first kappa shape index (κ1) is 15.3. The van der Waals surface area contributed by atoms with Gasteiger partial charge in [-0.05, 0) is 25.7 Å². The molecule has 0 spiro atoms. The average molecular weight is 282 g/mol. The van der Waals surface area contributed by atoms with Gasteiger partial charge in [0.1, 0.15) is 0 Å². The highest BCUT2D eigenvalue weighted by Crippen LogP contribution is 2.14. The molecular weight excluding hydrogens is 256 g/mol. The lowest BCUT2D eigenvalue weighted by molar-refractivity contribution is -0.134. The summed E-state index contributed by atoms with van der Waals surface area (Å²) >= 11 is 0. The topological polar surface area (TPSA) is 49.9 Å². The van der Waals surface area contributed by atoms with Crippen LogP contribution in [0.4, 0.5) is 0 Å². The lowest BCUT2D eigenvalue weighted by Crippen LogP contribution is -2.38. The van der Waals surface area contributed by atoms with Crippen molar-refractivity contribution >= 4 is 11.8 Å². The zero-order valence-corrected chi connectivity index (χ0v) is 12.5. The lowest BCUT2D eigenvalue weighted by Gasteiger charge is -2.24. The second kappa shape index (κ2) is 7.62. The van der Waals surface area contributed by atoms with Gasteiger partial charge in [-0.25, -0.2) is 0 Å². The maximum absolute atomic E-state index is 12.1. The second-order valence-electron chi connectivity index (χ2n) is 5.85. The largest absolute Gasteiger partial charge is 0.376 e. The minimum atomic E-state index is 0.109. The Morgan fingerprint density at radius 1 is 1.35 bits per heavy atom. The molecule has 0 aromatic rings. The van der Waals surface area contributed by atoms with E-state index in [1.807, 2.05) is 11.9 Å². The number of hydrogen-bond donors (Lipinski definition) is 0. The predicted octanol–water partition coefficient (Wildman–Crippen LogP) is 1.42. The molecule has 0 saturated carbocycles. The molecule has 114 valence electrons. The van der Waals surface area contributed by atoms with Gasteiger partial charge in [0.05, 0.1) is 6.10 Å². The van der Waals surface area contributed by atoms with Crippen molar-refractivity contribution in [1.29, 1.82) is 0 Å². The maximum atomic E-state index is 12.1. The Labute approximate surface area is 121 Å². The molecule has 0 unspecified atom stereocenters. The van der Waals surface area contributed by atoms with E-state index in [4.69, 9.17) is 4.74 Å². The molecule has 0 radical (unpaired) electrons. The Balaban J connectivity index is 1.71. The number of rotatable bonds is 5. The minimum Gasteiger partial charge on any atom is -0.376 e. The summed E-state index contributed by atoms with van der Waals surface area (Å²) in [5, 5.41) is 0. The maximum Gasteiger partial charge on any atom is 0.224 e. The van der Waals surface area contributed by atoms with Gasteiger partial charge in [0, 0.05) is 46.1 Å². The van der Waals surface area contributed by atoms with Crippen LogP contribution in [0.5, 0.6) is 0 Å². The third kappa shape index (κ3) is 4.47. The summed E-state index contributed by atoms with van der Waals surface area (Å²) in [4.78, 5) is 27.6. The first-order valence-corrected chi connectivity index (χ1v) is 7.80. The lowest BCUT2D eigenvalue weighted by atomic mass is 10.2. The molecule has 0 bridgehead atoms. The third-order valence-electron chi connectivity index (χ3n) is 4.19. The Kier molecular flexibility index (Phi) is 5.83. The van der Waals surface area contributed by atoms with E-state index in [2.05, 4.69) is 0 Å². The van der Waals surface area contributed by atoms with Gasteiger partial charge in [0.15, 0.2) is 0 Å². The monoisotopic (exact) mass is 282 g/mol. The van der Waals surface area contributed by atoms with Crippen LogP contribution in [0.2, 0.25) is 0 Å². The molecule has 0 N–H and O–H groups in total. The Morgan fingerprint density at radius 2 is 2.20 bits per heavy atom. The van der Waals surface area contributed by atoms with E-state index in [1.165, 1.54) is 0 Å². The first-order chi connectivity index (χ1) is 9.66. The van der Waals surface area contributed by atoms with Crippen LogP contribution >= 0.6 is 0 Å². The second-order valence-corrected chi connectivity index (χ2v) is 5.85. The van der Waals surface area contributed by atoms with Crippen LogP contribution in [0.1, 0.15) is 44.9 Å². The van der Waals surface area contributed by atoms with Crippen LogP contribution in [-0.2, 0) is 14.3 Å². The molecular formula is C15H26N2O3. The summed E-state index contributed by atoms with van der Waals surface area (Å²) in [7, 11) is 1.83. The summed E-state index contributed by atoms with van der Waals surface area (Å²) in [5.74, 6) is 0.314. The fourth-order valence-electron chi connectivity index (χ4n) is 2.89. The molecule has 2 fully saturated rings. The molecule has 0 aliphatic carbocycles. The zero-order valence-electron chi connectivity index (χ0n) is 12.5. The molecule has 5 nitrogen and oxygen atoms in total. The number of hydrogen-bond acceptors (Lipinski definition) is 3. The molecule has 0 aromatic carbocycles. The summed E-state index contributed by atoms with van der Waals surface area (Å²) in [6.45, 7) is 2.86. The smallest absolute Gasteiger partial charge is 0.224 e. The molecule has 2 aliphatic heterocycles. The van der Waals surface area contributed by atoms with Crippen molar-refractivity contribution in [3.63, 3.8) is 0 Å². The van der Waals surface area contributed by atoms with Gasteiger partial charge in [-0.3, -0.25) is 9.59 Å². The van der Waals surface area contributed by atoms with Gasteiger partial charge < -0.3 is 14.5 Å². The molecule has 2 heterocycles. The van der Waals surface area contributed by atoms with Gasteiger partial charge in [0.2, 0.25) is 11.8 Å². The van der Waals surface area contributed by atoms with Gasteiger partial charge in [-0.15, -0.1) is 0 Å². The van der Waals surface area contributed by atoms with Crippen LogP contribution in [-0.4, -0.2) is 61.0 Å². The first-order valence-electron chi connectivity index (χ1n) is 7.80. The number of carbonyl (C=O) groups is 2. The molecule has 2 rings (SSSR count). The molecule has 5 heteroatoms. The van der Waals surface area contributed by atoms with E-state index in [9.17, 15) is 9.59 Å². The fraction of sp³-hybridized carbons (Fsp3) is 0.867. The van der Waals surface area contributed by atoms with E-state index < -0.39 is 0 Å². The number of likely N-dealkylation sites (N-methyl/N-ethyl adjacent to an activating group) is 1. The zero-order chi connectivity index (χ0) is 14.4. The molecule has 2 aliphatic rings. The van der Waals surface area contributed by atoms with E-state index in [0.29, 0.717) is 25.9 Å². The fourth-order valence-corrected chi connectivity index (χ4v) is 2.89. The van der Waals surface area contributed by atoms with Crippen molar-refractivity contribution in [3.05, 3.63) is 0 Å². The number of carbonyl (C=O) groups excluding carboxylic acids is 2. The van der Waals surface area contributed by atoms with Crippen LogP contribution in [0, 0.1) is 0 Å².